The van der Waals surface area contributed by atoms with Gasteiger partial charge in [-0.3, -0.25) is 9.69 Å². The summed E-state index contributed by atoms with van der Waals surface area (Å²) in [5.74, 6) is 3.21. The van der Waals surface area contributed by atoms with Gasteiger partial charge in [0.2, 0.25) is 5.01 Å². The number of fused-ring (bicyclic) bond motifs is 1. The van der Waals surface area contributed by atoms with Crippen LogP contribution in [0, 0.1) is 12.3 Å². The maximum Gasteiger partial charge on any atom is 0.286 e. The molecule has 0 aliphatic heterocycles. The molecule has 6 nitrogen and oxygen atoms in total. The number of carbonyl (C=O) groups excluding carboxylic acids is 1. The molecule has 1 N–H and O–H groups in total. The van der Waals surface area contributed by atoms with Crippen molar-refractivity contribution in [2.24, 2.45) is 0 Å². The number of hydrogen-bond acceptors (Lipinski definition) is 6. The van der Waals surface area contributed by atoms with Crippen LogP contribution in [0.5, 0.6) is 5.75 Å². The van der Waals surface area contributed by atoms with Gasteiger partial charge >= 0.3 is 0 Å². The molecule has 30 heavy (non-hydrogen) atoms. The molecule has 1 amide bonds. The standard InChI is InChI=1S/C23H22N4O2S/c1-3-14-27(20-13-8-16-6-4-5-7-19(16)20)15-21-25-26-23(30-21)22(28)24-17-9-11-18(29-2)12-10-17/h1,4-7,9-12,20H,8,13-15H2,2H3,(H,24,28)/t20-/m1/s1. The average molecular weight is 419 g/mol. The van der Waals surface area contributed by atoms with E-state index in [-0.39, 0.29) is 11.9 Å². The number of ether oxygens (including phenoxy) is 1. The van der Waals surface area contributed by atoms with E-state index in [1.165, 1.54) is 22.5 Å². The number of carbonyl (C=O) groups is 1. The number of rotatable bonds is 7. The van der Waals surface area contributed by atoms with E-state index < -0.39 is 0 Å². The maximum atomic E-state index is 12.5. The molecule has 1 aliphatic carbocycles. The minimum atomic E-state index is -0.279. The van der Waals surface area contributed by atoms with E-state index in [9.17, 15) is 4.79 Å². The lowest BCUT2D eigenvalue weighted by molar-refractivity contribution is 0.102. The van der Waals surface area contributed by atoms with E-state index in [4.69, 9.17) is 11.2 Å². The first kappa shape index (κ1) is 20.1. The zero-order valence-corrected chi connectivity index (χ0v) is 17.5. The highest BCUT2D eigenvalue weighted by molar-refractivity contribution is 7.13. The number of benzene rings is 2. The van der Waals surface area contributed by atoms with E-state index in [2.05, 4.69) is 50.6 Å². The molecule has 1 aliphatic rings. The molecule has 0 spiro atoms. The molecule has 1 heterocycles. The van der Waals surface area contributed by atoms with Crippen molar-refractivity contribution in [3.8, 4) is 18.1 Å². The zero-order valence-electron chi connectivity index (χ0n) is 16.7. The normalized spacial score (nSPS) is 14.9. The van der Waals surface area contributed by atoms with E-state index in [1.54, 1.807) is 31.4 Å². The number of nitrogens with one attached hydrogen (secondary N) is 1. The summed E-state index contributed by atoms with van der Waals surface area (Å²) >= 11 is 1.29. The quantitative estimate of drug-likeness (QED) is 0.589. The second kappa shape index (κ2) is 9.08. The van der Waals surface area contributed by atoms with Crippen LogP contribution < -0.4 is 10.1 Å². The molecule has 0 saturated heterocycles. The number of terminal acetylenes is 1. The van der Waals surface area contributed by atoms with Gasteiger partial charge in [-0.25, -0.2) is 0 Å². The fourth-order valence-corrected chi connectivity index (χ4v) is 4.51. The maximum absolute atomic E-state index is 12.5. The molecule has 4 rings (SSSR count). The minimum absolute atomic E-state index is 0.262. The molecule has 0 unspecified atom stereocenters. The molecule has 2 aromatic carbocycles. The number of methoxy groups -OCH3 is 1. The Kier molecular flexibility index (Phi) is 6.07. The third-order valence-corrected chi connectivity index (χ3v) is 6.09. The molecule has 0 fully saturated rings. The Morgan fingerprint density at radius 1 is 1.27 bits per heavy atom. The van der Waals surface area contributed by atoms with Gasteiger partial charge in [-0.05, 0) is 48.2 Å². The van der Waals surface area contributed by atoms with Crippen molar-refractivity contribution >= 4 is 22.9 Å². The van der Waals surface area contributed by atoms with Crippen LogP contribution in [0.25, 0.3) is 0 Å². The van der Waals surface area contributed by atoms with Crippen molar-refractivity contribution in [1.29, 1.82) is 0 Å². The highest BCUT2D eigenvalue weighted by Gasteiger charge is 2.28. The van der Waals surface area contributed by atoms with Crippen molar-refractivity contribution in [1.82, 2.24) is 15.1 Å². The highest BCUT2D eigenvalue weighted by atomic mass is 32.1. The van der Waals surface area contributed by atoms with Gasteiger partial charge in [0.1, 0.15) is 10.8 Å². The Bertz CT molecular complexity index is 1070. The van der Waals surface area contributed by atoms with Crippen molar-refractivity contribution < 1.29 is 9.53 Å². The van der Waals surface area contributed by atoms with Gasteiger partial charge in [-0.1, -0.05) is 41.5 Å². The van der Waals surface area contributed by atoms with Gasteiger partial charge in [-0.15, -0.1) is 16.6 Å². The second-order valence-corrected chi connectivity index (χ2v) is 8.11. The van der Waals surface area contributed by atoms with Crippen molar-refractivity contribution in [2.75, 3.05) is 19.0 Å². The summed E-state index contributed by atoms with van der Waals surface area (Å²) in [7, 11) is 1.60. The molecule has 0 radical (unpaired) electrons. The summed E-state index contributed by atoms with van der Waals surface area (Å²) in [6.45, 7) is 1.09. The van der Waals surface area contributed by atoms with Crippen molar-refractivity contribution in [3.05, 3.63) is 69.7 Å². The first-order chi connectivity index (χ1) is 14.7. The van der Waals surface area contributed by atoms with Gasteiger partial charge in [0.25, 0.3) is 5.91 Å². The lowest BCUT2D eigenvalue weighted by Gasteiger charge is -2.26. The number of aryl methyl sites for hydroxylation is 1. The molecule has 3 aromatic rings. The Morgan fingerprint density at radius 3 is 2.83 bits per heavy atom. The Labute approximate surface area is 179 Å². The van der Waals surface area contributed by atoms with E-state index in [0.717, 1.165) is 23.6 Å². The van der Waals surface area contributed by atoms with Crippen LogP contribution in [-0.4, -0.2) is 34.7 Å². The number of aromatic nitrogens is 2. The van der Waals surface area contributed by atoms with Crippen LogP contribution in [0.3, 0.4) is 0 Å². The summed E-state index contributed by atoms with van der Waals surface area (Å²) in [5.41, 5.74) is 3.38. The fourth-order valence-electron chi connectivity index (χ4n) is 3.75. The Hall–Kier alpha value is -3.21. The van der Waals surface area contributed by atoms with Gasteiger partial charge in [0.15, 0.2) is 0 Å². The summed E-state index contributed by atoms with van der Waals surface area (Å²) < 4.78 is 5.13. The Balaban J connectivity index is 1.44. The molecular weight excluding hydrogens is 396 g/mol. The summed E-state index contributed by atoms with van der Waals surface area (Å²) in [5, 5.41) is 12.3. The van der Waals surface area contributed by atoms with Gasteiger partial charge in [-0.2, -0.15) is 0 Å². The Morgan fingerprint density at radius 2 is 2.07 bits per heavy atom. The third kappa shape index (κ3) is 4.35. The predicted octanol–water partition coefficient (Wildman–Crippen LogP) is 3.92. The second-order valence-electron chi connectivity index (χ2n) is 7.05. The number of nitrogens with zero attached hydrogens (tertiary/aromatic N) is 3. The van der Waals surface area contributed by atoms with Crippen LogP contribution in [0.4, 0.5) is 5.69 Å². The molecule has 1 atom stereocenters. The summed E-state index contributed by atoms with van der Waals surface area (Å²) in [6.07, 6.45) is 7.71. The molecule has 7 heteroatoms. The fraction of sp³-hybridized carbons (Fsp3) is 0.261. The molecule has 0 saturated carbocycles. The lowest BCUT2D eigenvalue weighted by atomic mass is 10.1. The zero-order chi connectivity index (χ0) is 20.9. The number of amides is 1. The molecule has 0 bridgehead atoms. The van der Waals surface area contributed by atoms with Crippen LogP contribution in [-0.2, 0) is 13.0 Å². The van der Waals surface area contributed by atoms with Crippen LogP contribution >= 0.6 is 11.3 Å². The van der Waals surface area contributed by atoms with Gasteiger partial charge in [0, 0.05) is 11.7 Å². The first-order valence-electron chi connectivity index (χ1n) is 9.71. The average Bonchev–Trinajstić information content (AvgIpc) is 3.41. The minimum Gasteiger partial charge on any atom is -0.497 e. The van der Waals surface area contributed by atoms with Gasteiger partial charge < -0.3 is 10.1 Å². The van der Waals surface area contributed by atoms with E-state index in [1.807, 2.05) is 0 Å². The third-order valence-electron chi connectivity index (χ3n) is 5.18. The monoisotopic (exact) mass is 418 g/mol. The molecule has 152 valence electrons. The van der Waals surface area contributed by atoms with E-state index in [0.29, 0.717) is 23.8 Å². The van der Waals surface area contributed by atoms with Crippen LogP contribution in [0.2, 0.25) is 0 Å². The summed E-state index contributed by atoms with van der Waals surface area (Å²) in [4.78, 5) is 14.8. The summed E-state index contributed by atoms with van der Waals surface area (Å²) in [6, 6.07) is 15.9. The topological polar surface area (TPSA) is 67.4 Å². The largest absolute Gasteiger partial charge is 0.497 e. The first-order valence-corrected chi connectivity index (χ1v) is 10.5. The van der Waals surface area contributed by atoms with Crippen LogP contribution in [0.1, 0.15) is 38.4 Å². The van der Waals surface area contributed by atoms with Crippen molar-refractivity contribution in [2.45, 2.75) is 25.4 Å². The lowest BCUT2D eigenvalue weighted by Crippen LogP contribution is -2.27. The number of anilines is 1. The molecule has 1 aromatic heterocycles. The SMILES string of the molecule is C#CCN(Cc1nnc(C(=O)Nc2ccc(OC)cc2)s1)[C@@H]1CCc2ccccc21. The smallest absolute Gasteiger partial charge is 0.286 e. The number of hydrogen-bond donors (Lipinski definition) is 1. The highest BCUT2D eigenvalue weighted by Crippen LogP contribution is 2.36. The molecular formula is C23H22N4O2S. The van der Waals surface area contributed by atoms with Crippen LogP contribution in [0.15, 0.2) is 48.5 Å². The predicted molar refractivity (Wildman–Crippen MR) is 118 cm³/mol. The van der Waals surface area contributed by atoms with E-state index >= 15 is 0 Å². The van der Waals surface area contributed by atoms with Crippen molar-refractivity contribution in [3.63, 3.8) is 0 Å². The van der Waals surface area contributed by atoms with Gasteiger partial charge in [0.05, 0.1) is 20.2 Å².